The third-order valence-electron chi connectivity index (χ3n) is 4.51. The SMILES string of the molecule is CN=C(NCCCc1nnc2n1CCCCC2)NCC(C)(C)OC. The molecule has 0 spiro atoms. The van der Waals surface area contributed by atoms with Crippen molar-refractivity contribution in [2.75, 3.05) is 27.2 Å². The second kappa shape index (κ2) is 9.01. The minimum absolute atomic E-state index is 0.212. The van der Waals surface area contributed by atoms with E-state index in [0.29, 0.717) is 6.54 Å². The molecule has 2 N–H and O–H groups in total. The Morgan fingerprint density at radius 3 is 2.83 bits per heavy atom. The summed E-state index contributed by atoms with van der Waals surface area (Å²) >= 11 is 0. The molecule has 0 radical (unpaired) electrons. The van der Waals surface area contributed by atoms with Gasteiger partial charge in [-0.3, -0.25) is 4.99 Å². The van der Waals surface area contributed by atoms with Crippen LogP contribution in [-0.4, -0.2) is 53.6 Å². The molecule has 0 bridgehead atoms. The molecule has 136 valence electrons. The molecule has 1 aromatic heterocycles. The third-order valence-corrected chi connectivity index (χ3v) is 4.51. The molecule has 0 atom stereocenters. The van der Waals surface area contributed by atoms with E-state index < -0.39 is 0 Å². The number of nitrogens with one attached hydrogen (secondary N) is 2. The second-order valence-electron chi connectivity index (χ2n) is 6.91. The van der Waals surface area contributed by atoms with E-state index in [2.05, 4.69) is 30.4 Å². The molecule has 7 heteroatoms. The summed E-state index contributed by atoms with van der Waals surface area (Å²) in [5.41, 5.74) is -0.212. The summed E-state index contributed by atoms with van der Waals surface area (Å²) in [5.74, 6) is 3.09. The maximum Gasteiger partial charge on any atom is 0.191 e. The van der Waals surface area contributed by atoms with Gasteiger partial charge in [-0.1, -0.05) is 6.42 Å². The van der Waals surface area contributed by atoms with Gasteiger partial charge in [-0.2, -0.15) is 0 Å². The molecule has 0 fully saturated rings. The van der Waals surface area contributed by atoms with Crippen molar-refractivity contribution in [1.29, 1.82) is 0 Å². The van der Waals surface area contributed by atoms with Gasteiger partial charge in [0.1, 0.15) is 11.6 Å². The van der Waals surface area contributed by atoms with E-state index in [0.717, 1.165) is 50.0 Å². The lowest BCUT2D eigenvalue weighted by Gasteiger charge is -2.24. The first-order valence-corrected chi connectivity index (χ1v) is 8.96. The number of guanidine groups is 1. The van der Waals surface area contributed by atoms with Crippen molar-refractivity contribution in [2.24, 2.45) is 4.99 Å². The molecule has 7 nitrogen and oxygen atoms in total. The summed E-state index contributed by atoms with van der Waals surface area (Å²) in [6, 6.07) is 0. The van der Waals surface area contributed by atoms with Gasteiger partial charge in [0.15, 0.2) is 5.96 Å². The van der Waals surface area contributed by atoms with Gasteiger partial charge < -0.3 is 19.9 Å². The van der Waals surface area contributed by atoms with Gasteiger partial charge in [0, 0.05) is 46.6 Å². The second-order valence-corrected chi connectivity index (χ2v) is 6.91. The third kappa shape index (κ3) is 5.47. The predicted molar refractivity (Wildman–Crippen MR) is 96.4 cm³/mol. The Kier molecular flexibility index (Phi) is 7.02. The van der Waals surface area contributed by atoms with Gasteiger partial charge in [-0.15, -0.1) is 10.2 Å². The molecule has 0 amide bonds. The summed E-state index contributed by atoms with van der Waals surface area (Å²) < 4.78 is 7.73. The fraction of sp³-hybridized carbons (Fsp3) is 0.824. The molecule has 24 heavy (non-hydrogen) atoms. The molecular weight excluding hydrogens is 304 g/mol. The summed E-state index contributed by atoms with van der Waals surface area (Å²) in [6.07, 6.45) is 6.79. The Morgan fingerprint density at radius 1 is 1.25 bits per heavy atom. The van der Waals surface area contributed by atoms with E-state index in [9.17, 15) is 0 Å². The van der Waals surface area contributed by atoms with E-state index in [1.165, 1.54) is 19.3 Å². The van der Waals surface area contributed by atoms with Gasteiger partial charge in [-0.05, 0) is 33.1 Å². The fourth-order valence-corrected chi connectivity index (χ4v) is 2.77. The van der Waals surface area contributed by atoms with E-state index >= 15 is 0 Å². The van der Waals surface area contributed by atoms with Gasteiger partial charge in [0.2, 0.25) is 0 Å². The minimum atomic E-state index is -0.212. The number of methoxy groups -OCH3 is 1. The van der Waals surface area contributed by atoms with Crippen molar-refractivity contribution >= 4 is 5.96 Å². The molecule has 2 heterocycles. The van der Waals surface area contributed by atoms with Crippen molar-refractivity contribution in [3.63, 3.8) is 0 Å². The maximum absolute atomic E-state index is 5.41. The van der Waals surface area contributed by atoms with Crippen LogP contribution in [0.2, 0.25) is 0 Å². The number of aromatic nitrogens is 3. The maximum atomic E-state index is 5.41. The van der Waals surface area contributed by atoms with Crippen LogP contribution in [0.5, 0.6) is 0 Å². The number of nitrogens with zero attached hydrogens (tertiary/aromatic N) is 4. The van der Waals surface area contributed by atoms with Gasteiger partial charge in [0.25, 0.3) is 0 Å². The minimum Gasteiger partial charge on any atom is -0.377 e. The fourth-order valence-electron chi connectivity index (χ4n) is 2.77. The number of hydrogen-bond acceptors (Lipinski definition) is 4. The standard InChI is InChI=1S/C17H32N6O/c1-17(2,24-4)13-20-16(18-3)19-11-8-10-15-22-21-14-9-6-5-7-12-23(14)15/h5-13H2,1-4H3,(H2,18,19,20). The monoisotopic (exact) mass is 336 g/mol. The van der Waals surface area contributed by atoms with E-state index in [-0.39, 0.29) is 5.60 Å². The molecule has 0 aliphatic carbocycles. The van der Waals surface area contributed by atoms with Crippen LogP contribution in [0, 0.1) is 0 Å². The first-order valence-electron chi connectivity index (χ1n) is 8.96. The van der Waals surface area contributed by atoms with E-state index in [1.54, 1.807) is 14.2 Å². The molecule has 2 rings (SSSR count). The van der Waals surface area contributed by atoms with Gasteiger partial charge in [0.05, 0.1) is 5.60 Å². The highest BCUT2D eigenvalue weighted by atomic mass is 16.5. The van der Waals surface area contributed by atoms with Crippen LogP contribution in [0.15, 0.2) is 4.99 Å². The highest BCUT2D eigenvalue weighted by molar-refractivity contribution is 5.79. The molecule has 1 aliphatic rings. The number of fused-ring (bicyclic) bond motifs is 1. The Bertz CT molecular complexity index is 537. The predicted octanol–water partition coefficient (Wildman–Crippen LogP) is 1.53. The van der Waals surface area contributed by atoms with Crippen molar-refractivity contribution in [1.82, 2.24) is 25.4 Å². The summed E-state index contributed by atoms with van der Waals surface area (Å²) in [7, 11) is 3.51. The Labute approximate surface area is 145 Å². The van der Waals surface area contributed by atoms with Crippen LogP contribution in [0.3, 0.4) is 0 Å². The van der Waals surface area contributed by atoms with Crippen LogP contribution in [-0.2, 0) is 24.1 Å². The lowest BCUT2D eigenvalue weighted by atomic mass is 10.1. The highest BCUT2D eigenvalue weighted by Crippen LogP contribution is 2.15. The highest BCUT2D eigenvalue weighted by Gasteiger charge is 2.17. The van der Waals surface area contributed by atoms with Gasteiger partial charge in [-0.25, -0.2) is 0 Å². The van der Waals surface area contributed by atoms with Crippen LogP contribution in [0.1, 0.15) is 51.2 Å². The summed E-state index contributed by atoms with van der Waals surface area (Å²) in [6.45, 7) is 6.73. The number of aliphatic imine (C=N–C) groups is 1. The molecule has 0 saturated heterocycles. The lowest BCUT2D eigenvalue weighted by Crippen LogP contribution is -2.45. The van der Waals surface area contributed by atoms with E-state index in [4.69, 9.17) is 4.74 Å². The van der Waals surface area contributed by atoms with Crippen molar-refractivity contribution in [3.8, 4) is 0 Å². The molecule has 0 saturated carbocycles. The summed E-state index contributed by atoms with van der Waals surface area (Å²) in [4.78, 5) is 4.25. The Balaban J connectivity index is 1.73. The average Bonchev–Trinajstić information content (AvgIpc) is 2.80. The van der Waals surface area contributed by atoms with Crippen LogP contribution in [0.25, 0.3) is 0 Å². The van der Waals surface area contributed by atoms with Crippen molar-refractivity contribution < 1.29 is 4.74 Å². The zero-order valence-electron chi connectivity index (χ0n) is 15.6. The topological polar surface area (TPSA) is 76.4 Å². The number of aryl methyl sites for hydroxylation is 2. The lowest BCUT2D eigenvalue weighted by molar-refractivity contribution is 0.0268. The van der Waals surface area contributed by atoms with E-state index in [1.807, 2.05) is 13.8 Å². The average molecular weight is 336 g/mol. The quantitative estimate of drug-likeness (QED) is 0.449. The van der Waals surface area contributed by atoms with Crippen molar-refractivity contribution in [3.05, 3.63) is 11.6 Å². The van der Waals surface area contributed by atoms with Crippen molar-refractivity contribution in [2.45, 2.75) is 64.5 Å². The normalized spacial score (nSPS) is 15.8. The molecule has 0 unspecified atom stereocenters. The molecule has 0 aromatic carbocycles. The van der Waals surface area contributed by atoms with Crippen LogP contribution >= 0.6 is 0 Å². The molecule has 1 aliphatic heterocycles. The largest absolute Gasteiger partial charge is 0.377 e. The smallest absolute Gasteiger partial charge is 0.191 e. The zero-order chi connectivity index (χ0) is 17.4. The van der Waals surface area contributed by atoms with Gasteiger partial charge >= 0.3 is 0 Å². The molecule has 1 aromatic rings. The van der Waals surface area contributed by atoms with Crippen LogP contribution < -0.4 is 10.6 Å². The number of hydrogen-bond donors (Lipinski definition) is 2. The summed E-state index contributed by atoms with van der Waals surface area (Å²) in [5, 5.41) is 15.4. The number of rotatable bonds is 7. The molecular formula is C17H32N6O. The zero-order valence-corrected chi connectivity index (χ0v) is 15.6. The Hall–Kier alpha value is -1.63. The first kappa shape index (κ1) is 18.7. The first-order chi connectivity index (χ1) is 11.6. The van der Waals surface area contributed by atoms with Crippen LogP contribution in [0.4, 0.5) is 0 Å². The number of ether oxygens (including phenoxy) is 1. The Morgan fingerprint density at radius 2 is 2.08 bits per heavy atom.